The highest BCUT2D eigenvalue weighted by atomic mass is 16.5. The lowest BCUT2D eigenvalue weighted by Crippen LogP contribution is -2.37. The van der Waals surface area contributed by atoms with E-state index in [1.165, 1.54) is 11.6 Å². The molecule has 0 atom stereocenters. The van der Waals surface area contributed by atoms with Gasteiger partial charge in [-0.15, -0.1) is 0 Å². The fourth-order valence-electron chi connectivity index (χ4n) is 3.65. The Labute approximate surface area is 179 Å². The van der Waals surface area contributed by atoms with Gasteiger partial charge in [0.25, 0.3) is 5.56 Å². The number of fused-ring (bicyclic) bond motifs is 1. The summed E-state index contributed by atoms with van der Waals surface area (Å²) in [5.41, 5.74) is 2.40. The zero-order valence-corrected chi connectivity index (χ0v) is 17.9. The molecule has 0 unspecified atom stereocenters. The van der Waals surface area contributed by atoms with Gasteiger partial charge >= 0.3 is 5.69 Å². The molecule has 0 fully saturated rings. The zero-order valence-electron chi connectivity index (χ0n) is 17.9. The van der Waals surface area contributed by atoms with Gasteiger partial charge in [0.05, 0.1) is 24.8 Å². The van der Waals surface area contributed by atoms with Crippen molar-refractivity contribution < 1.29 is 9.47 Å². The highest BCUT2D eigenvalue weighted by Crippen LogP contribution is 2.35. The molecule has 0 bridgehead atoms. The summed E-state index contributed by atoms with van der Waals surface area (Å²) in [6, 6.07) is 16.9. The summed E-state index contributed by atoms with van der Waals surface area (Å²) in [6.45, 7) is 2.40. The van der Waals surface area contributed by atoms with Crippen LogP contribution >= 0.6 is 0 Å². The van der Waals surface area contributed by atoms with Gasteiger partial charge in [0, 0.05) is 30.8 Å². The topological polar surface area (TPSA) is 75.3 Å². The van der Waals surface area contributed by atoms with Crippen molar-refractivity contribution in [3.8, 4) is 33.9 Å². The third-order valence-electron chi connectivity index (χ3n) is 5.27. The minimum absolute atomic E-state index is 0.322. The minimum Gasteiger partial charge on any atom is -0.497 e. The highest BCUT2D eigenvalue weighted by Gasteiger charge is 2.19. The molecule has 7 nitrogen and oxygen atoms in total. The predicted octanol–water partition coefficient (Wildman–Crippen LogP) is 3.37. The maximum atomic E-state index is 13.1. The van der Waals surface area contributed by atoms with Crippen LogP contribution in [0.15, 0.2) is 64.2 Å². The van der Waals surface area contributed by atoms with Gasteiger partial charge < -0.3 is 9.47 Å². The van der Waals surface area contributed by atoms with Crippen molar-refractivity contribution in [1.82, 2.24) is 14.1 Å². The number of para-hydroxylation sites is 1. The van der Waals surface area contributed by atoms with Gasteiger partial charge in [-0.1, -0.05) is 18.2 Å². The summed E-state index contributed by atoms with van der Waals surface area (Å²) in [6.07, 6.45) is 0. The van der Waals surface area contributed by atoms with E-state index in [4.69, 9.17) is 14.5 Å². The first-order valence-electron chi connectivity index (χ1n) is 9.93. The number of methoxy groups -OCH3 is 1. The number of rotatable bonds is 5. The zero-order chi connectivity index (χ0) is 22.1. The minimum atomic E-state index is -0.430. The Bertz CT molecular complexity index is 1390. The van der Waals surface area contributed by atoms with E-state index in [9.17, 15) is 9.59 Å². The van der Waals surface area contributed by atoms with Crippen LogP contribution in [0.3, 0.4) is 0 Å². The van der Waals surface area contributed by atoms with E-state index in [1.807, 2.05) is 61.5 Å². The standard InChI is InChI=1S/C24H23N3O4/c1-5-31-20-9-7-6-8-17(20)18-14-19(15-10-12-16(30-4)13-11-15)25-22-21(18)23(28)27(3)24(29)26(22)2/h6-14H,5H2,1-4H3. The molecule has 4 aromatic rings. The van der Waals surface area contributed by atoms with Crippen molar-refractivity contribution in [2.24, 2.45) is 14.1 Å². The number of nitrogens with zero attached hydrogens (tertiary/aromatic N) is 3. The summed E-state index contributed by atoms with van der Waals surface area (Å²) in [4.78, 5) is 30.4. The largest absolute Gasteiger partial charge is 0.497 e. The van der Waals surface area contributed by atoms with E-state index in [-0.39, 0.29) is 0 Å². The number of benzene rings is 2. The van der Waals surface area contributed by atoms with Gasteiger partial charge in [0.2, 0.25) is 0 Å². The number of aromatic nitrogens is 3. The van der Waals surface area contributed by atoms with Crippen molar-refractivity contribution in [3.05, 3.63) is 75.4 Å². The summed E-state index contributed by atoms with van der Waals surface area (Å²) in [5.74, 6) is 1.39. The van der Waals surface area contributed by atoms with Gasteiger partial charge in [-0.25, -0.2) is 9.78 Å². The van der Waals surface area contributed by atoms with E-state index in [0.717, 1.165) is 21.4 Å². The molecule has 2 aromatic carbocycles. The number of ether oxygens (including phenoxy) is 2. The first kappa shape index (κ1) is 20.4. The molecular formula is C24H23N3O4. The van der Waals surface area contributed by atoms with Crippen molar-refractivity contribution in [2.45, 2.75) is 6.92 Å². The van der Waals surface area contributed by atoms with Crippen molar-refractivity contribution in [1.29, 1.82) is 0 Å². The lowest BCUT2D eigenvalue weighted by molar-refractivity contribution is 0.341. The van der Waals surface area contributed by atoms with Gasteiger partial charge in [-0.3, -0.25) is 13.9 Å². The Morgan fingerprint density at radius 3 is 2.32 bits per heavy atom. The van der Waals surface area contributed by atoms with Gasteiger partial charge in [0.1, 0.15) is 11.5 Å². The molecule has 0 spiro atoms. The second kappa shape index (κ2) is 8.10. The Morgan fingerprint density at radius 1 is 0.935 bits per heavy atom. The van der Waals surface area contributed by atoms with Crippen LogP contribution < -0.4 is 20.7 Å². The molecule has 0 N–H and O–H groups in total. The smallest absolute Gasteiger partial charge is 0.332 e. The van der Waals surface area contributed by atoms with Crippen molar-refractivity contribution in [3.63, 3.8) is 0 Å². The molecule has 0 amide bonds. The van der Waals surface area contributed by atoms with Crippen LogP contribution in [-0.4, -0.2) is 27.8 Å². The Morgan fingerprint density at radius 2 is 1.65 bits per heavy atom. The SMILES string of the molecule is CCOc1ccccc1-c1cc(-c2ccc(OC)cc2)nc2c1c(=O)n(C)c(=O)n2C. The fraction of sp³-hybridized carbons (Fsp3) is 0.208. The van der Waals surface area contributed by atoms with Gasteiger partial charge in [0.15, 0.2) is 5.65 Å². The Balaban J connectivity index is 2.12. The molecule has 2 heterocycles. The van der Waals surface area contributed by atoms with Crippen molar-refractivity contribution >= 4 is 11.0 Å². The first-order valence-corrected chi connectivity index (χ1v) is 9.93. The number of aryl methyl sites for hydroxylation is 1. The average molecular weight is 417 g/mol. The van der Waals surface area contributed by atoms with E-state index in [2.05, 4.69) is 0 Å². The number of pyridine rings is 1. The van der Waals surface area contributed by atoms with Gasteiger partial charge in [-0.2, -0.15) is 0 Å². The quantitative estimate of drug-likeness (QED) is 0.498. The Kier molecular flexibility index (Phi) is 5.33. The maximum absolute atomic E-state index is 13.1. The molecule has 4 rings (SSSR count). The van der Waals surface area contributed by atoms with Crippen LogP contribution in [0, 0.1) is 0 Å². The second-order valence-electron chi connectivity index (χ2n) is 7.12. The molecule has 0 aliphatic carbocycles. The maximum Gasteiger partial charge on any atom is 0.332 e. The summed E-state index contributed by atoms with van der Waals surface area (Å²) >= 11 is 0. The van der Waals surface area contributed by atoms with Crippen LogP contribution in [0.25, 0.3) is 33.4 Å². The van der Waals surface area contributed by atoms with Crippen LogP contribution in [0.1, 0.15) is 6.92 Å². The first-order chi connectivity index (χ1) is 15.0. The van der Waals surface area contributed by atoms with Crippen LogP contribution in [-0.2, 0) is 14.1 Å². The van der Waals surface area contributed by atoms with Crippen molar-refractivity contribution in [2.75, 3.05) is 13.7 Å². The number of hydrogen-bond donors (Lipinski definition) is 0. The molecule has 0 aliphatic heterocycles. The Hall–Kier alpha value is -3.87. The van der Waals surface area contributed by atoms with Crippen LogP contribution in [0.2, 0.25) is 0 Å². The lowest BCUT2D eigenvalue weighted by Gasteiger charge is -2.16. The molecule has 2 aromatic heterocycles. The normalized spacial score (nSPS) is 11.0. The third kappa shape index (κ3) is 3.48. The molecule has 0 radical (unpaired) electrons. The van der Waals surface area contributed by atoms with Gasteiger partial charge in [-0.05, 0) is 43.3 Å². The fourth-order valence-corrected chi connectivity index (χ4v) is 3.65. The van der Waals surface area contributed by atoms with E-state index >= 15 is 0 Å². The molecular weight excluding hydrogens is 394 g/mol. The van der Waals surface area contributed by atoms with Crippen LogP contribution in [0.4, 0.5) is 0 Å². The molecule has 31 heavy (non-hydrogen) atoms. The highest BCUT2D eigenvalue weighted by molar-refractivity contribution is 5.96. The molecule has 7 heteroatoms. The summed E-state index contributed by atoms with van der Waals surface area (Å²) < 4.78 is 13.6. The van der Waals surface area contributed by atoms with E-state index in [1.54, 1.807) is 14.2 Å². The average Bonchev–Trinajstić information content (AvgIpc) is 2.81. The monoisotopic (exact) mass is 417 g/mol. The van der Waals surface area contributed by atoms with Crippen LogP contribution in [0.5, 0.6) is 11.5 Å². The third-order valence-corrected chi connectivity index (χ3v) is 5.27. The molecule has 0 saturated heterocycles. The summed E-state index contributed by atoms with van der Waals surface area (Å²) in [7, 11) is 4.70. The molecule has 158 valence electrons. The number of hydrogen-bond acceptors (Lipinski definition) is 5. The summed E-state index contributed by atoms with van der Waals surface area (Å²) in [5, 5.41) is 0.369. The lowest BCUT2D eigenvalue weighted by atomic mass is 9.99. The molecule has 0 aliphatic rings. The predicted molar refractivity (Wildman–Crippen MR) is 121 cm³/mol. The van der Waals surface area contributed by atoms with E-state index in [0.29, 0.717) is 34.6 Å². The second-order valence-corrected chi connectivity index (χ2v) is 7.12. The molecule has 0 saturated carbocycles. The van der Waals surface area contributed by atoms with E-state index < -0.39 is 11.2 Å².